The average molecular weight is 143 g/mol. The third-order valence-electron chi connectivity index (χ3n) is 2.62. The summed E-state index contributed by atoms with van der Waals surface area (Å²) in [6, 6.07) is 1.08. The first-order valence-corrected chi connectivity index (χ1v) is 4.01. The Labute approximate surface area is 62.8 Å². The van der Waals surface area contributed by atoms with Crippen molar-refractivity contribution in [3.63, 3.8) is 0 Å². The lowest BCUT2D eigenvalue weighted by Crippen LogP contribution is -2.45. The molecular formula is C8H17NO. The molecule has 0 amide bonds. The molecule has 2 heteroatoms. The molecule has 0 aromatic carbocycles. The molecule has 2 unspecified atom stereocenters. The fourth-order valence-electron chi connectivity index (χ4n) is 1.65. The zero-order chi connectivity index (χ0) is 7.72. The van der Waals surface area contributed by atoms with Crippen LogP contribution in [0.25, 0.3) is 0 Å². The van der Waals surface area contributed by atoms with E-state index in [-0.39, 0.29) is 6.10 Å². The largest absolute Gasteiger partial charge is 0.393 e. The van der Waals surface area contributed by atoms with Crippen LogP contribution in [-0.2, 0) is 0 Å². The van der Waals surface area contributed by atoms with Crippen molar-refractivity contribution in [1.82, 2.24) is 4.90 Å². The van der Waals surface area contributed by atoms with E-state index in [9.17, 15) is 5.11 Å². The maximum atomic E-state index is 9.34. The van der Waals surface area contributed by atoms with Crippen LogP contribution in [0.5, 0.6) is 0 Å². The van der Waals surface area contributed by atoms with E-state index in [1.807, 2.05) is 0 Å². The van der Waals surface area contributed by atoms with Crippen molar-refractivity contribution in [1.29, 1.82) is 0 Å². The van der Waals surface area contributed by atoms with Crippen molar-refractivity contribution in [2.45, 2.75) is 44.9 Å². The molecule has 2 atom stereocenters. The first kappa shape index (κ1) is 8.02. The highest BCUT2D eigenvalue weighted by atomic mass is 16.3. The molecule has 60 valence electrons. The summed E-state index contributed by atoms with van der Waals surface area (Å²) < 4.78 is 0. The smallest absolute Gasteiger partial charge is 0.0569 e. The van der Waals surface area contributed by atoms with Gasteiger partial charge in [0.25, 0.3) is 0 Å². The number of aliphatic hydroxyl groups excluding tert-OH is 1. The van der Waals surface area contributed by atoms with E-state index in [4.69, 9.17) is 0 Å². The van der Waals surface area contributed by atoms with E-state index in [1.165, 1.54) is 0 Å². The van der Waals surface area contributed by atoms with Gasteiger partial charge in [0.2, 0.25) is 0 Å². The summed E-state index contributed by atoms with van der Waals surface area (Å²) in [5.41, 5.74) is 0. The first-order chi connectivity index (χ1) is 4.61. The van der Waals surface area contributed by atoms with Gasteiger partial charge in [0.05, 0.1) is 6.10 Å². The van der Waals surface area contributed by atoms with Crippen LogP contribution in [0.15, 0.2) is 0 Å². The summed E-state index contributed by atoms with van der Waals surface area (Å²) in [6.07, 6.45) is 1.79. The minimum absolute atomic E-state index is 0.0683. The van der Waals surface area contributed by atoms with Gasteiger partial charge in [-0.2, -0.15) is 0 Å². The summed E-state index contributed by atoms with van der Waals surface area (Å²) in [5, 5.41) is 9.34. The van der Waals surface area contributed by atoms with Gasteiger partial charge in [-0.25, -0.2) is 0 Å². The normalized spacial score (nSPS) is 43.8. The standard InChI is InChI=1S/C8H17NO/c1-6-4-8(10)5-7(2)9(6)3/h6-8,10H,4-5H2,1-3H3. The molecular weight excluding hydrogens is 126 g/mol. The van der Waals surface area contributed by atoms with Crippen LogP contribution in [0.3, 0.4) is 0 Å². The number of nitrogens with zero attached hydrogens (tertiary/aromatic N) is 1. The van der Waals surface area contributed by atoms with Gasteiger partial charge in [0.15, 0.2) is 0 Å². The van der Waals surface area contributed by atoms with Crippen molar-refractivity contribution in [3.05, 3.63) is 0 Å². The molecule has 1 rings (SSSR count). The Morgan fingerprint density at radius 2 is 1.60 bits per heavy atom. The maximum Gasteiger partial charge on any atom is 0.0569 e. The molecule has 0 spiro atoms. The Morgan fingerprint density at radius 3 is 2.00 bits per heavy atom. The zero-order valence-corrected chi connectivity index (χ0v) is 7.04. The molecule has 0 aromatic heterocycles. The molecule has 0 aliphatic carbocycles. The van der Waals surface area contributed by atoms with Gasteiger partial charge in [0.1, 0.15) is 0 Å². The maximum absolute atomic E-state index is 9.34. The van der Waals surface area contributed by atoms with Gasteiger partial charge in [-0.05, 0) is 33.7 Å². The Morgan fingerprint density at radius 1 is 1.20 bits per heavy atom. The number of hydrogen-bond donors (Lipinski definition) is 1. The lowest BCUT2D eigenvalue weighted by Gasteiger charge is -2.38. The Balaban J connectivity index is 2.49. The monoisotopic (exact) mass is 143 g/mol. The summed E-state index contributed by atoms with van der Waals surface area (Å²) in [5.74, 6) is 0. The number of rotatable bonds is 0. The van der Waals surface area contributed by atoms with Crippen LogP contribution in [0.1, 0.15) is 26.7 Å². The van der Waals surface area contributed by atoms with Gasteiger partial charge in [-0.3, -0.25) is 0 Å². The van der Waals surface area contributed by atoms with Gasteiger partial charge < -0.3 is 10.0 Å². The lowest BCUT2D eigenvalue weighted by atomic mass is 9.96. The zero-order valence-electron chi connectivity index (χ0n) is 7.04. The number of piperidine rings is 1. The Kier molecular flexibility index (Phi) is 2.32. The average Bonchev–Trinajstić information content (AvgIpc) is 1.82. The van der Waals surface area contributed by atoms with E-state index in [0.717, 1.165) is 12.8 Å². The van der Waals surface area contributed by atoms with Crippen LogP contribution in [0, 0.1) is 0 Å². The molecule has 1 fully saturated rings. The molecule has 0 radical (unpaired) electrons. The van der Waals surface area contributed by atoms with E-state index < -0.39 is 0 Å². The van der Waals surface area contributed by atoms with E-state index in [0.29, 0.717) is 12.1 Å². The fraction of sp³-hybridized carbons (Fsp3) is 1.00. The predicted octanol–water partition coefficient (Wildman–Crippen LogP) is 0.850. The van der Waals surface area contributed by atoms with E-state index in [2.05, 4.69) is 25.8 Å². The highest BCUT2D eigenvalue weighted by Crippen LogP contribution is 2.20. The Bertz CT molecular complexity index is 104. The predicted molar refractivity (Wildman–Crippen MR) is 41.9 cm³/mol. The molecule has 1 aliphatic rings. The summed E-state index contributed by atoms with van der Waals surface area (Å²) in [7, 11) is 2.13. The van der Waals surface area contributed by atoms with Crippen molar-refractivity contribution < 1.29 is 5.11 Å². The van der Waals surface area contributed by atoms with Crippen molar-refractivity contribution >= 4 is 0 Å². The van der Waals surface area contributed by atoms with Gasteiger partial charge >= 0.3 is 0 Å². The second-order valence-corrected chi connectivity index (χ2v) is 3.49. The number of hydrogen-bond acceptors (Lipinski definition) is 2. The highest BCUT2D eigenvalue weighted by Gasteiger charge is 2.26. The quantitative estimate of drug-likeness (QED) is 0.543. The molecule has 10 heavy (non-hydrogen) atoms. The minimum atomic E-state index is -0.0683. The summed E-state index contributed by atoms with van der Waals surface area (Å²) >= 11 is 0. The fourth-order valence-corrected chi connectivity index (χ4v) is 1.65. The molecule has 0 aromatic rings. The topological polar surface area (TPSA) is 23.5 Å². The summed E-state index contributed by atoms with van der Waals surface area (Å²) in [6.45, 7) is 4.33. The Hall–Kier alpha value is -0.0800. The molecule has 1 N–H and O–H groups in total. The minimum Gasteiger partial charge on any atom is -0.393 e. The molecule has 2 nitrogen and oxygen atoms in total. The van der Waals surface area contributed by atoms with Gasteiger partial charge in [-0.15, -0.1) is 0 Å². The lowest BCUT2D eigenvalue weighted by molar-refractivity contribution is 0.0290. The number of aliphatic hydroxyl groups is 1. The van der Waals surface area contributed by atoms with E-state index >= 15 is 0 Å². The van der Waals surface area contributed by atoms with Crippen molar-refractivity contribution in [3.8, 4) is 0 Å². The first-order valence-electron chi connectivity index (χ1n) is 4.01. The molecule has 0 bridgehead atoms. The second kappa shape index (κ2) is 2.89. The molecule has 1 aliphatic heterocycles. The van der Waals surface area contributed by atoms with Crippen LogP contribution in [-0.4, -0.2) is 35.2 Å². The highest BCUT2D eigenvalue weighted by molar-refractivity contribution is 4.81. The van der Waals surface area contributed by atoms with Crippen LogP contribution in [0.2, 0.25) is 0 Å². The van der Waals surface area contributed by atoms with Crippen LogP contribution < -0.4 is 0 Å². The van der Waals surface area contributed by atoms with Gasteiger partial charge in [0, 0.05) is 12.1 Å². The SMILES string of the molecule is CC1CC(O)CC(C)N1C. The van der Waals surface area contributed by atoms with Crippen molar-refractivity contribution in [2.24, 2.45) is 0 Å². The number of likely N-dealkylation sites (tertiary alicyclic amines) is 1. The molecule has 1 heterocycles. The van der Waals surface area contributed by atoms with Crippen LogP contribution >= 0.6 is 0 Å². The van der Waals surface area contributed by atoms with Crippen molar-refractivity contribution in [2.75, 3.05) is 7.05 Å². The van der Waals surface area contributed by atoms with E-state index in [1.54, 1.807) is 0 Å². The molecule has 1 saturated heterocycles. The third-order valence-corrected chi connectivity index (χ3v) is 2.62. The van der Waals surface area contributed by atoms with Gasteiger partial charge in [-0.1, -0.05) is 0 Å². The third kappa shape index (κ3) is 1.50. The molecule has 0 saturated carbocycles. The summed E-state index contributed by atoms with van der Waals surface area (Å²) in [4.78, 5) is 2.33. The van der Waals surface area contributed by atoms with Crippen LogP contribution in [0.4, 0.5) is 0 Å². The second-order valence-electron chi connectivity index (χ2n) is 3.49.